The van der Waals surface area contributed by atoms with Gasteiger partial charge in [-0.15, -0.1) is 0 Å². The van der Waals surface area contributed by atoms with Crippen LogP contribution in [-0.2, 0) is 10.0 Å². The highest BCUT2D eigenvalue weighted by Gasteiger charge is 2.31. The summed E-state index contributed by atoms with van der Waals surface area (Å²) in [4.78, 5) is 0. The Labute approximate surface area is 112 Å². The molecule has 0 aromatic rings. The molecule has 0 aliphatic heterocycles. The number of rotatable bonds is 6. The molecule has 0 spiro atoms. The number of nitrogens with one attached hydrogen (secondary N) is 2. The lowest BCUT2D eigenvalue weighted by Gasteiger charge is -2.35. The Hall–Kier alpha value is -0.130. The van der Waals surface area contributed by atoms with Crippen LogP contribution in [0.25, 0.3) is 0 Å². The van der Waals surface area contributed by atoms with E-state index < -0.39 is 10.0 Å². The van der Waals surface area contributed by atoms with E-state index in [9.17, 15) is 8.42 Å². The Balaban J connectivity index is 2.54. The molecule has 1 aliphatic rings. The van der Waals surface area contributed by atoms with E-state index >= 15 is 0 Å². The molecule has 1 rings (SSSR count). The first-order chi connectivity index (χ1) is 8.27. The zero-order valence-corrected chi connectivity index (χ0v) is 12.9. The number of hydrogen-bond acceptors (Lipinski definition) is 3. The maximum Gasteiger partial charge on any atom is 0.215 e. The predicted octanol–water partition coefficient (Wildman–Crippen LogP) is 1.87. The van der Waals surface area contributed by atoms with E-state index in [2.05, 4.69) is 23.9 Å². The van der Waals surface area contributed by atoms with Gasteiger partial charge in [0.25, 0.3) is 0 Å². The molecule has 0 bridgehead atoms. The van der Waals surface area contributed by atoms with Crippen LogP contribution >= 0.6 is 0 Å². The molecule has 0 aromatic carbocycles. The molecular weight excluding hydrogens is 248 g/mol. The summed E-state index contributed by atoms with van der Waals surface area (Å²) in [6, 6.07) is 0.114. The van der Waals surface area contributed by atoms with Gasteiger partial charge in [-0.05, 0) is 38.1 Å². The van der Waals surface area contributed by atoms with Crippen molar-refractivity contribution in [2.24, 2.45) is 5.41 Å². The quantitative estimate of drug-likeness (QED) is 0.778. The molecule has 0 heterocycles. The maximum absolute atomic E-state index is 12.2. The van der Waals surface area contributed by atoms with E-state index in [0.29, 0.717) is 6.54 Å². The Bertz CT molecular complexity index is 352. The van der Waals surface area contributed by atoms with E-state index in [-0.39, 0.29) is 16.7 Å². The molecular formula is C13H28N2O2S. The molecule has 108 valence electrons. The molecule has 5 heteroatoms. The monoisotopic (exact) mass is 276 g/mol. The Kier molecular flexibility index (Phi) is 5.62. The van der Waals surface area contributed by atoms with Crippen molar-refractivity contribution < 1.29 is 8.42 Å². The molecule has 2 unspecified atom stereocenters. The first kappa shape index (κ1) is 15.9. The number of sulfonamides is 1. The minimum absolute atomic E-state index is 0.114. The summed E-state index contributed by atoms with van der Waals surface area (Å²) in [6.07, 6.45) is 4.22. The minimum atomic E-state index is -3.19. The largest absolute Gasteiger partial charge is 0.316 e. The van der Waals surface area contributed by atoms with Gasteiger partial charge in [0.1, 0.15) is 0 Å². The molecule has 1 fully saturated rings. The van der Waals surface area contributed by atoms with Gasteiger partial charge in [0, 0.05) is 12.6 Å². The van der Waals surface area contributed by atoms with Gasteiger partial charge in [-0.2, -0.15) is 0 Å². The smallest absolute Gasteiger partial charge is 0.215 e. The maximum atomic E-state index is 12.2. The van der Waals surface area contributed by atoms with Gasteiger partial charge in [-0.3, -0.25) is 0 Å². The molecule has 2 N–H and O–H groups in total. The summed E-state index contributed by atoms with van der Waals surface area (Å²) in [7, 11) is -3.19. The first-order valence-electron chi connectivity index (χ1n) is 6.99. The van der Waals surface area contributed by atoms with Crippen LogP contribution in [0, 0.1) is 5.41 Å². The van der Waals surface area contributed by atoms with Crippen molar-refractivity contribution in [3.8, 4) is 0 Å². The Morgan fingerprint density at radius 1 is 1.39 bits per heavy atom. The van der Waals surface area contributed by atoms with Gasteiger partial charge < -0.3 is 5.32 Å². The van der Waals surface area contributed by atoms with Crippen LogP contribution in [0.1, 0.15) is 53.4 Å². The molecule has 0 aromatic heterocycles. The van der Waals surface area contributed by atoms with Crippen LogP contribution in [0.15, 0.2) is 0 Å². The molecule has 4 nitrogen and oxygen atoms in total. The van der Waals surface area contributed by atoms with E-state index in [1.54, 1.807) is 6.92 Å². The third kappa shape index (κ3) is 4.86. The lowest BCUT2D eigenvalue weighted by Crippen LogP contribution is -2.46. The third-order valence-electron chi connectivity index (χ3n) is 3.75. The summed E-state index contributed by atoms with van der Waals surface area (Å²) < 4.78 is 27.2. The Morgan fingerprint density at radius 3 is 2.61 bits per heavy atom. The highest BCUT2D eigenvalue weighted by molar-refractivity contribution is 7.90. The average molecular weight is 276 g/mol. The summed E-state index contributed by atoms with van der Waals surface area (Å²) in [5.41, 5.74) is 0.260. The van der Waals surface area contributed by atoms with Gasteiger partial charge in [-0.1, -0.05) is 27.2 Å². The van der Waals surface area contributed by atoms with E-state index in [4.69, 9.17) is 0 Å². The fraction of sp³-hybridized carbons (Fsp3) is 1.00. The van der Waals surface area contributed by atoms with Crippen molar-refractivity contribution in [2.75, 3.05) is 13.1 Å². The zero-order chi connectivity index (χ0) is 13.8. The predicted molar refractivity (Wildman–Crippen MR) is 76.1 cm³/mol. The standard InChI is InChI=1S/C13H28N2O2S/c1-5-14-10-11(2)18(16,17)15-12-7-6-8-13(3,4)9-12/h11-12,14-15H,5-10H2,1-4H3. The van der Waals surface area contributed by atoms with E-state index in [1.807, 2.05) is 6.92 Å². The van der Waals surface area contributed by atoms with Crippen molar-refractivity contribution in [1.82, 2.24) is 10.0 Å². The zero-order valence-electron chi connectivity index (χ0n) is 12.1. The van der Waals surface area contributed by atoms with E-state index in [1.165, 1.54) is 6.42 Å². The van der Waals surface area contributed by atoms with Gasteiger partial charge in [-0.25, -0.2) is 13.1 Å². The van der Waals surface area contributed by atoms with Gasteiger partial charge >= 0.3 is 0 Å². The van der Waals surface area contributed by atoms with Crippen LogP contribution in [0.2, 0.25) is 0 Å². The van der Waals surface area contributed by atoms with Crippen LogP contribution in [0.4, 0.5) is 0 Å². The fourth-order valence-corrected chi connectivity index (χ4v) is 3.84. The van der Waals surface area contributed by atoms with E-state index in [0.717, 1.165) is 25.8 Å². The molecule has 18 heavy (non-hydrogen) atoms. The van der Waals surface area contributed by atoms with Crippen LogP contribution < -0.4 is 10.0 Å². The van der Waals surface area contributed by atoms with Gasteiger partial charge in [0.15, 0.2) is 0 Å². The highest BCUT2D eigenvalue weighted by atomic mass is 32.2. The van der Waals surface area contributed by atoms with Crippen LogP contribution in [-0.4, -0.2) is 32.8 Å². The fourth-order valence-electron chi connectivity index (χ4n) is 2.60. The second kappa shape index (κ2) is 6.35. The summed E-state index contributed by atoms with van der Waals surface area (Å²) in [5, 5.41) is 2.72. The second-order valence-electron chi connectivity index (χ2n) is 6.24. The summed E-state index contributed by atoms with van der Waals surface area (Å²) in [5.74, 6) is 0. The molecule has 1 aliphatic carbocycles. The molecule has 0 amide bonds. The third-order valence-corrected chi connectivity index (χ3v) is 5.64. The van der Waals surface area contributed by atoms with Gasteiger partial charge in [0.2, 0.25) is 10.0 Å². The molecule has 2 atom stereocenters. The normalized spacial score (nSPS) is 25.9. The van der Waals surface area contributed by atoms with Gasteiger partial charge in [0.05, 0.1) is 5.25 Å². The van der Waals surface area contributed by atoms with Crippen molar-refractivity contribution in [1.29, 1.82) is 0 Å². The minimum Gasteiger partial charge on any atom is -0.316 e. The van der Waals surface area contributed by atoms with Crippen molar-refractivity contribution in [3.63, 3.8) is 0 Å². The lowest BCUT2D eigenvalue weighted by molar-refractivity contribution is 0.212. The van der Waals surface area contributed by atoms with Crippen molar-refractivity contribution in [2.45, 2.75) is 64.7 Å². The Morgan fingerprint density at radius 2 is 2.06 bits per heavy atom. The average Bonchev–Trinajstić information content (AvgIpc) is 2.23. The summed E-state index contributed by atoms with van der Waals surface area (Å²) >= 11 is 0. The number of hydrogen-bond donors (Lipinski definition) is 2. The van der Waals surface area contributed by atoms with Crippen molar-refractivity contribution in [3.05, 3.63) is 0 Å². The highest BCUT2D eigenvalue weighted by Crippen LogP contribution is 2.35. The topological polar surface area (TPSA) is 58.2 Å². The SMILES string of the molecule is CCNCC(C)S(=O)(=O)NC1CCCC(C)(C)C1. The van der Waals surface area contributed by atoms with Crippen LogP contribution in [0.5, 0.6) is 0 Å². The lowest BCUT2D eigenvalue weighted by atomic mass is 9.75. The van der Waals surface area contributed by atoms with Crippen molar-refractivity contribution >= 4 is 10.0 Å². The second-order valence-corrected chi connectivity index (χ2v) is 8.37. The van der Waals surface area contributed by atoms with Crippen LogP contribution in [0.3, 0.4) is 0 Å². The summed E-state index contributed by atoms with van der Waals surface area (Å²) in [6.45, 7) is 9.50. The molecule has 0 radical (unpaired) electrons. The first-order valence-corrected chi connectivity index (χ1v) is 8.53. The molecule has 1 saturated carbocycles. The molecule has 0 saturated heterocycles.